The van der Waals surface area contributed by atoms with Crippen molar-refractivity contribution < 1.29 is 10.2 Å². The Balaban J connectivity index is 1.88. The molecular weight excluding hydrogens is 296 g/mol. The van der Waals surface area contributed by atoms with Crippen LogP contribution in [0.25, 0.3) is 0 Å². The smallest absolute Gasteiger partial charge is 0.127 e. The van der Waals surface area contributed by atoms with Crippen molar-refractivity contribution in [3.05, 3.63) is 22.8 Å². The summed E-state index contributed by atoms with van der Waals surface area (Å²) >= 11 is 0. The number of hydrogen-bond donors (Lipinski definition) is 2. The van der Waals surface area contributed by atoms with Crippen molar-refractivity contribution in [2.45, 2.75) is 83.5 Å². The lowest BCUT2D eigenvalue weighted by Crippen LogP contribution is -2.49. The van der Waals surface area contributed by atoms with E-state index in [1.807, 2.05) is 6.07 Å². The second kappa shape index (κ2) is 5.16. The van der Waals surface area contributed by atoms with Gasteiger partial charge >= 0.3 is 0 Å². The van der Waals surface area contributed by atoms with Crippen LogP contribution in [0.3, 0.4) is 0 Å². The molecule has 4 aliphatic carbocycles. The number of rotatable bonds is 3. The highest BCUT2D eigenvalue weighted by Crippen LogP contribution is 2.63. The van der Waals surface area contributed by atoms with Crippen LogP contribution in [0.1, 0.15) is 82.4 Å². The van der Waals surface area contributed by atoms with E-state index >= 15 is 0 Å². The average molecular weight is 328 g/mol. The Kier molecular flexibility index (Phi) is 3.50. The van der Waals surface area contributed by atoms with Crippen LogP contribution in [0.15, 0.2) is 6.07 Å². The van der Waals surface area contributed by atoms with Gasteiger partial charge in [0.15, 0.2) is 0 Å². The molecule has 24 heavy (non-hydrogen) atoms. The van der Waals surface area contributed by atoms with E-state index in [1.54, 1.807) is 0 Å². The highest BCUT2D eigenvalue weighted by molar-refractivity contribution is 5.58. The van der Waals surface area contributed by atoms with Crippen LogP contribution >= 0.6 is 0 Å². The monoisotopic (exact) mass is 328 g/mol. The fraction of sp³-hybridized carbons (Fsp3) is 0.727. The maximum Gasteiger partial charge on any atom is 0.127 e. The van der Waals surface area contributed by atoms with Crippen molar-refractivity contribution in [2.24, 2.45) is 17.8 Å². The molecule has 1 aromatic carbocycles. The van der Waals surface area contributed by atoms with E-state index in [2.05, 4.69) is 27.7 Å². The molecule has 0 aromatic heterocycles. The molecule has 0 spiro atoms. The molecule has 4 saturated carbocycles. The minimum absolute atomic E-state index is 0.162. The Labute approximate surface area is 146 Å². The molecule has 0 aliphatic heterocycles. The number of phenols is 2. The van der Waals surface area contributed by atoms with E-state index in [4.69, 9.17) is 0 Å². The molecule has 4 fully saturated rings. The molecule has 0 radical (unpaired) electrons. The first-order valence-electron chi connectivity index (χ1n) is 9.82. The lowest BCUT2D eigenvalue weighted by molar-refractivity contribution is -0.00654. The van der Waals surface area contributed by atoms with E-state index in [0.29, 0.717) is 5.75 Å². The SMILES string of the molecule is CCC(C)(C)c1c(O)cc(C)c(C23CC4CC(CC(C4)C2)C3)c1O. The molecule has 132 valence electrons. The molecular formula is C22H32O2. The molecule has 2 N–H and O–H groups in total. The van der Waals surface area contributed by atoms with Gasteiger partial charge in [0.25, 0.3) is 0 Å². The average Bonchev–Trinajstić information content (AvgIpc) is 2.44. The lowest BCUT2D eigenvalue weighted by atomic mass is 9.47. The molecule has 0 amide bonds. The summed E-state index contributed by atoms with van der Waals surface area (Å²) in [4.78, 5) is 0. The maximum absolute atomic E-state index is 11.3. The van der Waals surface area contributed by atoms with Gasteiger partial charge in [-0.3, -0.25) is 0 Å². The Morgan fingerprint density at radius 3 is 2.00 bits per heavy atom. The summed E-state index contributed by atoms with van der Waals surface area (Å²) in [5.41, 5.74) is 2.98. The van der Waals surface area contributed by atoms with Crippen molar-refractivity contribution >= 4 is 0 Å². The fourth-order valence-corrected chi connectivity index (χ4v) is 6.71. The minimum atomic E-state index is -0.209. The molecule has 0 heterocycles. The molecule has 2 heteroatoms. The van der Waals surface area contributed by atoms with Crippen LogP contribution in [-0.2, 0) is 10.8 Å². The Hall–Kier alpha value is -1.18. The normalized spacial score (nSPS) is 34.8. The quantitative estimate of drug-likeness (QED) is 0.762. The first kappa shape index (κ1) is 16.3. The van der Waals surface area contributed by atoms with Crippen LogP contribution < -0.4 is 0 Å². The molecule has 0 saturated heterocycles. The van der Waals surface area contributed by atoms with Gasteiger partial charge < -0.3 is 10.2 Å². The van der Waals surface area contributed by atoms with Crippen molar-refractivity contribution in [1.29, 1.82) is 0 Å². The van der Waals surface area contributed by atoms with E-state index in [0.717, 1.165) is 35.3 Å². The zero-order chi connectivity index (χ0) is 17.3. The molecule has 5 rings (SSSR count). The van der Waals surface area contributed by atoms with E-state index in [-0.39, 0.29) is 16.6 Å². The van der Waals surface area contributed by atoms with Gasteiger partial charge in [-0.2, -0.15) is 0 Å². The second-order valence-corrected chi connectivity index (χ2v) is 9.75. The van der Waals surface area contributed by atoms with Gasteiger partial charge in [0.05, 0.1) is 0 Å². The summed E-state index contributed by atoms with van der Waals surface area (Å²) in [5, 5.41) is 21.9. The Bertz CT molecular complexity index is 636. The van der Waals surface area contributed by atoms with Crippen LogP contribution in [0.5, 0.6) is 11.5 Å². The number of aromatic hydroxyl groups is 2. The summed E-state index contributed by atoms with van der Waals surface area (Å²) < 4.78 is 0. The van der Waals surface area contributed by atoms with Crippen LogP contribution in [0.2, 0.25) is 0 Å². The zero-order valence-corrected chi connectivity index (χ0v) is 15.7. The predicted octanol–water partition coefficient (Wildman–Crippen LogP) is 5.56. The largest absolute Gasteiger partial charge is 0.507 e. The van der Waals surface area contributed by atoms with E-state index in [1.165, 1.54) is 44.1 Å². The third-order valence-electron chi connectivity index (χ3n) is 7.61. The minimum Gasteiger partial charge on any atom is -0.507 e. The number of benzene rings is 1. The lowest BCUT2D eigenvalue weighted by Gasteiger charge is -2.57. The van der Waals surface area contributed by atoms with Gasteiger partial charge in [0.2, 0.25) is 0 Å². The van der Waals surface area contributed by atoms with E-state index < -0.39 is 0 Å². The fourth-order valence-electron chi connectivity index (χ4n) is 6.71. The molecule has 0 atom stereocenters. The van der Waals surface area contributed by atoms with Crippen LogP contribution in [0, 0.1) is 24.7 Å². The summed E-state index contributed by atoms with van der Waals surface area (Å²) in [6.45, 7) is 8.46. The van der Waals surface area contributed by atoms with Gasteiger partial charge in [-0.1, -0.05) is 20.8 Å². The molecule has 0 unspecified atom stereocenters. The molecule has 4 bridgehead atoms. The topological polar surface area (TPSA) is 40.5 Å². The zero-order valence-electron chi connectivity index (χ0n) is 15.7. The third-order valence-corrected chi connectivity index (χ3v) is 7.61. The Morgan fingerprint density at radius 1 is 1.04 bits per heavy atom. The molecule has 4 aliphatic rings. The highest BCUT2D eigenvalue weighted by Gasteiger charge is 2.53. The number of phenolic OH excluding ortho intramolecular Hbond substituents is 2. The van der Waals surface area contributed by atoms with Crippen LogP contribution in [-0.4, -0.2) is 10.2 Å². The van der Waals surface area contributed by atoms with Crippen molar-refractivity contribution in [1.82, 2.24) is 0 Å². The van der Waals surface area contributed by atoms with Gasteiger partial charge in [-0.15, -0.1) is 0 Å². The maximum atomic E-state index is 11.3. The standard InChI is InChI=1S/C22H32O2/c1-5-21(3,4)19-17(23)6-13(2)18(20(19)24)22-10-14-7-15(11-22)9-16(8-14)12-22/h6,14-16,23-24H,5,7-12H2,1-4H3. The molecule has 2 nitrogen and oxygen atoms in total. The number of aryl methyl sites for hydroxylation is 1. The van der Waals surface area contributed by atoms with Gasteiger partial charge in [-0.05, 0) is 86.7 Å². The van der Waals surface area contributed by atoms with Gasteiger partial charge in [0, 0.05) is 16.5 Å². The highest BCUT2D eigenvalue weighted by atomic mass is 16.3. The van der Waals surface area contributed by atoms with Crippen molar-refractivity contribution in [3.8, 4) is 11.5 Å². The van der Waals surface area contributed by atoms with Crippen LogP contribution in [0.4, 0.5) is 0 Å². The Morgan fingerprint density at radius 2 is 1.54 bits per heavy atom. The van der Waals surface area contributed by atoms with Gasteiger partial charge in [-0.25, -0.2) is 0 Å². The second-order valence-electron chi connectivity index (χ2n) is 9.75. The van der Waals surface area contributed by atoms with Crippen molar-refractivity contribution in [2.75, 3.05) is 0 Å². The summed E-state index contributed by atoms with van der Waals surface area (Å²) in [5.74, 6) is 3.23. The summed E-state index contributed by atoms with van der Waals surface area (Å²) in [6, 6.07) is 1.92. The third kappa shape index (κ3) is 2.21. The number of hydrogen-bond acceptors (Lipinski definition) is 2. The van der Waals surface area contributed by atoms with Crippen molar-refractivity contribution in [3.63, 3.8) is 0 Å². The van der Waals surface area contributed by atoms with Gasteiger partial charge in [0.1, 0.15) is 11.5 Å². The van der Waals surface area contributed by atoms with E-state index in [9.17, 15) is 10.2 Å². The first-order valence-corrected chi connectivity index (χ1v) is 9.82. The first-order chi connectivity index (χ1) is 11.3. The molecule has 1 aromatic rings. The summed E-state index contributed by atoms with van der Waals surface area (Å²) in [6.07, 6.45) is 8.84. The summed E-state index contributed by atoms with van der Waals surface area (Å²) in [7, 11) is 0. The predicted molar refractivity (Wildman–Crippen MR) is 97.7 cm³/mol.